The molecule has 0 saturated heterocycles. The van der Waals surface area contributed by atoms with Gasteiger partial charge in [-0.15, -0.1) is 0 Å². The number of sulfonamides is 1. The lowest BCUT2D eigenvalue weighted by Gasteiger charge is -2.26. The van der Waals surface area contributed by atoms with Crippen molar-refractivity contribution in [3.63, 3.8) is 0 Å². The molecular weight excluding hydrogens is 480 g/mol. The molecule has 35 heavy (non-hydrogen) atoms. The minimum absolute atomic E-state index is 0.121. The number of nitrogens with zero attached hydrogens (tertiary/aromatic N) is 1. The fourth-order valence-corrected chi connectivity index (χ4v) is 6.42. The van der Waals surface area contributed by atoms with Crippen LogP contribution in [0.3, 0.4) is 0 Å². The normalized spacial score (nSPS) is 12.7. The molecule has 0 radical (unpaired) electrons. The van der Waals surface area contributed by atoms with Crippen LogP contribution in [0.5, 0.6) is 0 Å². The fraction of sp³-hybridized carbons (Fsp3) is 0.179. The van der Waals surface area contributed by atoms with Gasteiger partial charge in [0, 0.05) is 16.1 Å². The van der Waals surface area contributed by atoms with Crippen LogP contribution in [0.2, 0.25) is 5.02 Å². The molecule has 4 aromatic carbocycles. The Labute approximate surface area is 210 Å². The number of carbonyl (C=O) groups is 1. The molecule has 5 rings (SSSR count). The Morgan fingerprint density at radius 3 is 2.37 bits per heavy atom. The highest BCUT2D eigenvalue weighted by Crippen LogP contribution is 2.35. The molecule has 178 valence electrons. The van der Waals surface area contributed by atoms with Crippen molar-refractivity contribution in [1.29, 1.82) is 0 Å². The van der Waals surface area contributed by atoms with Gasteiger partial charge in [0.1, 0.15) is 6.54 Å². The Kier molecular flexibility index (Phi) is 6.03. The molecule has 0 atom stereocenters. The third-order valence-corrected chi connectivity index (χ3v) is 8.48. The van der Waals surface area contributed by atoms with Crippen molar-refractivity contribution in [3.05, 3.63) is 100 Å². The van der Waals surface area contributed by atoms with Crippen molar-refractivity contribution >= 4 is 49.7 Å². The number of nitrogens with one attached hydrogen (secondary N) is 1. The largest absolute Gasteiger partial charge is 0.324 e. The third-order valence-electron chi connectivity index (χ3n) is 6.47. The average molecular weight is 505 g/mol. The van der Waals surface area contributed by atoms with Crippen LogP contribution >= 0.6 is 11.6 Å². The minimum atomic E-state index is -4.01. The summed E-state index contributed by atoms with van der Waals surface area (Å²) in [7, 11) is -4.01. The van der Waals surface area contributed by atoms with Crippen LogP contribution in [-0.4, -0.2) is 20.9 Å². The SMILES string of the molecule is Cc1ccc(S(=O)(=O)N(CC(=O)Nc2ccc3c4c(cccc24)CC3)c2ccc(Cl)cc2C)cc1. The summed E-state index contributed by atoms with van der Waals surface area (Å²) >= 11 is 6.12. The van der Waals surface area contributed by atoms with Crippen LogP contribution in [0, 0.1) is 13.8 Å². The zero-order chi connectivity index (χ0) is 24.7. The second-order valence-corrected chi connectivity index (χ2v) is 11.2. The quantitative estimate of drug-likeness (QED) is 0.348. The molecule has 0 bridgehead atoms. The molecule has 0 aromatic heterocycles. The molecule has 1 aliphatic rings. The first-order chi connectivity index (χ1) is 16.7. The molecule has 0 aliphatic heterocycles. The summed E-state index contributed by atoms with van der Waals surface area (Å²) in [5.41, 5.74) is 5.24. The first kappa shape index (κ1) is 23.4. The van der Waals surface area contributed by atoms with Gasteiger partial charge in [0.25, 0.3) is 10.0 Å². The van der Waals surface area contributed by atoms with Gasteiger partial charge in [0.15, 0.2) is 0 Å². The summed E-state index contributed by atoms with van der Waals surface area (Å²) in [5.74, 6) is -0.422. The zero-order valence-electron chi connectivity index (χ0n) is 19.5. The highest BCUT2D eigenvalue weighted by Gasteiger charge is 2.29. The molecular formula is C28H25ClN2O3S. The lowest BCUT2D eigenvalue weighted by atomic mass is 10.0. The molecule has 0 heterocycles. The molecule has 0 fully saturated rings. The lowest BCUT2D eigenvalue weighted by Crippen LogP contribution is -2.38. The van der Waals surface area contributed by atoms with Crippen molar-refractivity contribution < 1.29 is 13.2 Å². The standard InChI is InChI=1S/C28H25ClN2O3S/c1-18-6-12-23(13-7-18)35(33,34)31(26-15-11-22(29)16-19(26)2)17-27(32)30-25-14-10-21-9-8-20-4-3-5-24(25)28(20)21/h3-7,10-16H,8-9,17H2,1-2H3,(H,30,32). The van der Waals surface area contributed by atoms with Gasteiger partial charge in [-0.05, 0) is 85.2 Å². The van der Waals surface area contributed by atoms with Crippen molar-refractivity contribution in [2.45, 2.75) is 31.6 Å². The molecule has 1 amide bonds. The monoisotopic (exact) mass is 504 g/mol. The second-order valence-electron chi connectivity index (χ2n) is 8.92. The van der Waals surface area contributed by atoms with Crippen LogP contribution in [0.1, 0.15) is 22.3 Å². The predicted octanol–water partition coefficient (Wildman–Crippen LogP) is 6.04. The summed E-state index contributed by atoms with van der Waals surface area (Å²) < 4.78 is 28.5. The first-order valence-corrected chi connectivity index (χ1v) is 13.2. The van der Waals surface area contributed by atoms with E-state index in [2.05, 4.69) is 11.4 Å². The van der Waals surface area contributed by atoms with Crippen LogP contribution in [0.4, 0.5) is 11.4 Å². The Morgan fingerprint density at radius 2 is 1.66 bits per heavy atom. The number of anilines is 2. The number of hydrogen-bond acceptors (Lipinski definition) is 3. The van der Waals surface area contributed by atoms with E-state index in [-0.39, 0.29) is 11.4 Å². The topological polar surface area (TPSA) is 66.5 Å². The van der Waals surface area contributed by atoms with Crippen LogP contribution in [0.15, 0.2) is 77.7 Å². The highest BCUT2D eigenvalue weighted by atomic mass is 35.5. The third kappa shape index (κ3) is 4.40. The predicted molar refractivity (Wildman–Crippen MR) is 142 cm³/mol. The zero-order valence-corrected chi connectivity index (χ0v) is 21.1. The van der Waals surface area contributed by atoms with Crippen molar-refractivity contribution in [1.82, 2.24) is 0 Å². The van der Waals surface area contributed by atoms with E-state index in [1.165, 1.54) is 16.5 Å². The summed E-state index contributed by atoms with van der Waals surface area (Å²) in [6.07, 6.45) is 1.98. The molecule has 7 heteroatoms. The molecule has 0 spiro atoms. The molecule has 5 nitrogen and oxygen atoms in total. The van der Waals surface area contributed by atoms with E-state index in [1.54, 1.807) is 49.4 Å². The Bertz CT molecular complexity index is 1550. The maximum atomic E-state index is 13.7. The van der Waals surface area contributed by atoms with E-state index in [0.717, 1.165) is 28.1 Å². The maximum absolute atomic E-state index is 13.7. The van der Waals surface area contributed by atoms with Crippen molar-refractivity contribution in [2.24, 2.45) is 0 Å². The number of carbonyl (C=O) groups excluding carboxylic acids is 1. The van der Waals surface area contributed by atoms with Crippen molar-refractivity contribution in [3.8, 4) is 0 Å². The second kappa shape index (κ2) is 9.02. The van der Waals surface area contributed by atoms with Gasteiger partial charge in [-0.2, -0.15) is 0 Å². The number of halogens is 1. The van der Waals surface area contributed by atoms with Crippen LogP contribution in [0.25, 0.3) is 10.8 Å². The molecule has 0 saturated carbocycles. The van der Waals surface area contributed by atoms with Crippen LogP contribution < -0.4 is 9.62 Å². The van der Waals surface area contributed by atoms with E-state index < -0.39 is 15.9 Å². The van der Waals surface area contributed by atoms with Gasteiger partial charge >= 0.3 is 0 Å². The maximum Gasteiger partial charge on any atom is 0.264 e. The Hall–Kier alpha value is -3.35. The van der Waals surface area contributed by atoms with E-state index in [0.29, 0.717) is 22.0 Å². The molecule has 1 aliphatic carbocycles. The summed E-state index contributed by atoms with van der Waals surface area (Å²) in [5, 5.41) is 5.61. The first-order valence-electron chi connectivity index (χ1n) is 11.4. The number of hydrogen-bond donors (Lipinski definition) is 1. The Balaban J connectivity index is 1.51. The van der Waals surface area contributed by atoms with Gasteiger partial charge in [0.05, 0.1) is 10.6 Å². The fourth-order valence-electron chi connectivity index (χ4n) is 4.71. The number of aryl methyl sites for hydroxylation is 4. The average Bonchev–Trinajstić information content (AvgIpc) is 3.25. The number of rotatable bonds is 6. The number of amides is 1. The van der Waals surface area contributed by atoms with Gasteiger partial charge in [-0.1, -0.05) is 53.6 Å². The summed E-state index contributed by atoms with van der Waals surface area (Å²) in [4.78, 5) is 13.4. The summed E-state index contributed by atoms with van der Waals surface area (Å²) in [6.45, 7) is 3.30. The Morgan fingerprint density at radius 1 is 0.943 bits per heavy atom. The lowest BCUT2D eigenvalue weighted by molar-refractivity contribution is -0.114. The van der Waals surface area contributed by atoms with Gasteiger partial charge in [0.2, 0.25) is 5.91 Å². The van der Waals surface area contributed by atoms with Gasteiger partial charge < -0.3 is 5.32 Å². The molecule has 4 aromatic rings. The number of benzene rings is 4. The van der Waals surface area contributed by atoms with E-state index in [4.69, 9.17) is 11.6 Å². The van der Waals surface area contributed by atoms with Gasteiger partial charge in [-0.3, -0.25) is 9.10 Å². The summed E-state index contributed by atoms with van der Waals surface area (Å²) in [6, 6.07) is 21.6. The van der Waals surface area contributed by atoms with Crippen LogP contribution in [-0.2, 0) is 27.7 Å². The molecule has 1 N–H and O–H groups in total. The minimum Gasteiger partial charge on any atom is -0.324 e. The smallest absolute Gasteiger partial charge is 0.264 e. The van der Waals surface area contributed by atoms with E-state index in [1.807, 2.05) is 31.2 Å². The van der Waals surface area contributed by atoms with Crippen molar-refractivity contribution in [2.75, 3.05) is 16.2 Å². The van der Waals surface area contributed by atoms with Gasteiger partial charge in [-0.25, -0.2) is 8.42 Å². The van der Waals surface area contributed by atoms with E-state index >= 15 is 0 Å². The molecule has 0 unspecified atom stereocenters. The highest BCUT2D eigenvalue weighted by molar-refractivity contribution is 7.92. The van der Waals surface area contributed by atoms with E-state index in [9.17, 15) is 13.2 Å².